The van der Waals surface area contributed by atoms with E-state index in [0.29, 0.717) is 12.8 Å². The molecule has 2 heterocycles. The normalized spacial score (nSPS) is 22.3. The second-order valence-electron chi connectivity index (χ2n) is 13.3. The second-order valence-corrected chi connectivity index (χ2v) is 13.3. The molecule has 3 amide bonds. The van der Waals surface area contributed by atoms with E-state index in [0.717, 1.165) is 52.8 Å². The van der Waals surface area contributed by atoms with Crippen molar-refractivity contribution in [2.75, 3.05) is 20.3 Å². The standard InChI is InChI=1S/C38H42N4O6/c1-3-11-31(34(46-2)36(44)39-25-18-19-25)40-35(43)33-21-38(20-32(41-48-38)24-12-5-4-6-13-24)23-42(33)37(45)47-22-30-28-16-9-7-14-26(28)27-15-8-10-17-29(27)30/h4-10,12-17,25,30-31,33-34H,3,11,18-23H2,1-2H3,(H,39,44)(H,40,43)/t31-,33-,34?,38+/m0/s1. The van der Waals surface area contributed by atoms with Gasteiger partial charge in [0.25, 0.3) is 5.91 Å². The van der Waals surface area contributed by atoms with Crippen LogP contribution in [0.1, 0.15) is 68.1 Å². The molecule has 1 unspecified atom stereocenters. The molecule has 0 bridgehead atoms. The zero-order valence-corrected chi connectivity index (χ0v) is 27.4. The highest BCUT2D eigenvalue weighted by molar-refractivity contribution is 6.02. The van der Waals surface area contributed by atoms with Crippen LogP contribution in [-0.2, 0) is 23.9 Å². The van der Waals surface area contributed by atoms with Crippen molar-refractivity contribution in [3.63, 3.8) is 0 Å². The summed E-state index contributed by atoms with van der Waals surface area (Å²) in [5.41, 5.74) is 5.30. The number of hydrogen-bond donors (Lipinski definition) is 2. The van der Waals surface area contributed by atoms with E-state index in [9.17, 15) is 14.4 Å². The van der Waals surface area contributed by atoms with Gasteiger partial charge in [-0.2, -0.15) is 0 Å². The molecule has 48 heavy (non-hydrogen) atoms. The Balaban J connectivity index is 1.11. The largest absolute Gasteiger partial charge is 0.448 e. The second kappa shape index (κ2) is 13.4. The lowest BCUT2D eigenvalue weighted by Gasteiger charge is -2.29. The van der Waals surface area contributed by atoms with E-state index in [1.807, 2.05) is 61.5 Å². The van der Waals surface area contributed by atoms with Gasteiger partial charge in [-0.1, -0.05) is 97.4 Å². The molecule has 1 saturated heterocycles. The third-order valence-corrected chi connectivity index (χ3v) is 9.95. The summed E-state index contributed by atoms with van der Waals surface area (Å²) in [7, 11) is 1.48. The van der Waals surface area contributed by atoms with Gasteiger partial charge in [0.15, 0.2) is 11.7 Å². The minimum Gasteiger partial charge on any atom is -0.448 e. The number of fused-ring (bicyclic) bond motifs is 3. The number of ether oxygens (including phenoxy) is 2. The van der Waals surface area contributed by atoms with Gasteiger partial charge in [0, 0.05) is 31.9 Å². The van der Waals surface area contributed by atoms with Crippen LogP contribution in [0.2, 0.25) is 0 Å². The summed E-state index contributed by atoms with van der Waals surface area (Å²) >= 11 is 0. The third kappa shape index (κ3) is 6.29. The number of methoxy groups -OCH3 is 1. The minimum absolute atomic E-state index is 0.123. The SMILES string of the molecule is CCC[C@H](NC(=O)[C@@H]1C[C@]2(CC(c3ccccc3)=NO2)CN1C(=O)OCC1c2ccccc2-c2ccccc21)C(OC)C(=O)NC1CC1. The van der Waals surface area contributed by atoms with E-state index >= 15 is 0 Å². The van der Waals surface area contributed by atoms with Gasteiger partial charge in [0.2, 0.25) is 5.91 Å². The molecule has 10 heteroatoms. The Morgan fingerprint density at radius 1 is 0.979 bits per heavy atom. The number of oxime groups is 1. The van der Waals surface area contributed by atoms with Crippen molar-refractivity contribution in [3.8, 4) is 11.1 Å². The Kier molecular flexibility index (Phi) is 8.92. The first-order chi connectivity index (χ1) is 23.4. The lowest BCUT2D eigenvalue weighted by Crippen LogP contribution is -2.55. The van der Waals surface area contributed by atoms with Crippen LogP contribution in [0.4, 0.5) is 4.79 Å². The molecule has 250 valence electrons. The molecule has 3 aromatic carbocycles. The van der Waals surface area contributed by atoms with Gasteiger partial charge in [-0.3, -0.25) is 14.5 Å². The van der Waals surface area contributed by atoms with Crippen molar-refractivity contribution in [2.24, 2.45) is 5.16 Å². The van der Waals surface area contributed by atoms with Gasteiger partial charge in [0.1, 0.15) is 12.6 Å². The molecule has 2 aliphatic carbocycles. The van der Waals surface area contributed by atoms with Crippen LogP contribution in [0.15, 0.2) is 84.0 Å². The number of benzene rings is 3. The highest BCUT2D eigenvalue weighted by Gasteiger charge is 2.55. The summed E-state index contributed by atoms with van der Waals surface area (Å²) in [6.07, 6.45) is 2.37. The van der Waals surface area contributed by atoms with E-state index in [1.54, 1.807) is 0 Å². The maximum Gasteiger partial charge on any atom is 0.410 e. The molecule has 1 spiro atoms. The molecule has 0 aromatic heterocycles. The van der Waals surface area contributed by atoms with Crippen LogP contribution in [-0.4, -0.2) is 78.6 Å². The number of rotatable bonds is 11. The smallest absolute Gasteiger partial charge is 0.410 e. The Labute approximate surface area is 280 Å². The minimum atomic E-state index is -0.894. The molecule has 2 fully saturated rings. The first kappa shape index (κ1) is 31.9. The molecule has 0 radical (unpaired) electrons. The lowest BCUT2D eigenvalue weighted by molar-refractivity contribution is -0.135. The maximum absolute atomic E-state index is 14.2. The van der Waals surface area contributed by atoms with Crippen molar-refractivity contribution in [1.82, 2.24) is 15.5 Å². The van der Waals surface area contributed by atoms with Crippen molar-refractivity contribution >= 4 is 23.6 Å². The predicted octanol–water partition coefficient (Wildman–Crippen LogP) is 5.15. The van der Waals surface area contributed by atoms with Gasteiger partial charge in [-0.25, -0.2) is 4.79 Å². The first-order valence-electron chi connectivity index (χ1n) is 17.0. The van der Waals surface area contributed by atoms with Crippen LogP contribution < -0.4 is 10.6 Å². The molecular weight excluding hydrogens is 608 g/mol. The van der Waals surface area contributed by atoms with Crippen molar-refractivity contribution in [2.45, 2.75) is 81.2 Å². The van der Waals surface area contributed by atoms with E-state index < -0.39 is 29.9 Å². The zero-order chi connectivity index (χ0) is 33.3. The molecule has 1 saturated carbocycles. The van der Waals surface area contributed by atoms with Gasteiger partial charge in [-0.05, 0) is 47.1 Å². The molecule has 2 aliphatic heterocycles. The summed E-state index contributed by atoms with van der Waals surface area (Å²) in [4.78, 5) is 48.8. The van der Waals surface area contributed by atoms with E-state index in [2.05, 4.69) is 40.1 Å². The summed E-state index contributed by atoms with van der Waals surface area (Å²) in [6.45, 7) is 2.26. The van der Waals surface area contributed by atoms with Gasteiger partial charge in [-0.15, -0.1) is 0 Å². The van der Waals surface area contributed by atoms with Crippen LogP contribution in [0.5, 0.6) is 0 Å². The Bertz CT molecular complexity index is 1660. The fourth-order valence-electron chi connectivity index (χ4n) is 7.41. The lowest BCUT2D eigenvalue weighted by atomic mass is 9.91. The molecule has 4 aliphatic rings. The number of hydrogen-bond acceptors (Lipinski definition) is 7. The summed E-state index contributed by atoms with van der Waals surface area (Å²) in [5.74, 6) is -0.741. The molecule has 2 N–H and O–H groups in total. The topological polar surface area (TPSA) is 119 Å². The number of nitrogens with zero attached hydrogens (tertiary/aromatic N) is 2. The average Bonchev–Trinajstić information content (AvgIpc) is 3.56. The van der Waals surface area contributed by atoms with Crippen LogP contribution >= 0.6 is 0 Å². The van der Waals surface area contributed by atoms with Gasteiger partial charge in [0.05, 0.1) is 18.3 Å². The molecule has 7 rings (SSSR count). The van der Waals surface area contributed by atoms with Gasteiger partial charge < -0.3 is 24.9 Å². The number of nitrogens with one attached hydrogen (secondary N) is 2. The summed E-state index contributed by atoms with van der Waals surface area (Å²) in [6, 6.07) is 24.8. The molecule has 3 aromatic rings. The Morgan fingerprint density at radius 2 is 1.65 bits per heavy atom. The fraction of sp³-hybridized carbons (Fsp3) is 0.421. The summed E-state index contributed by atoms with van der Waals surface area (Å²) in [5, 5.41) is 10.5. The Morgan fingerprint density at radius 3 is 2.29 bits per heavy atom. The van der Waals surface area contributed by atoms with E-state index in [-0.39, 0.29) is 43.3 Å². The van der Waals surface area contributed by atoms with Crippen LogP contribution in [0, 0.1) is 0 Å². The number of carbonyl (C=O) groups excluding carboxylic acids is 3. The number of likely N-dealkylation sites (tertiary alicyclic amines) is 1. The van der Waals surface area contributed by atoms with Crippen LogP contribution in [0.25, 0.3) is 11.1 Å². The fourth-order valence-corrected chi connectivity index (χ4v) is 7.41. The van der Waals surface area contributed by atoms with Gasteiger partial charge >= 0.3 is 6.09 Å². The van der Waals surface area contributed by atoms with Crippen LogP contribution in [0.3, 0.4) is 0 Å². The zero-order valence-electron chi connectivity index (χ0n) is 27.4. The van der Waals surface area contributed by atoms with E-state index in [1.165, 1.54) is 12.0 Å². The molecular formula is C38H42N4O6. The average molecular weight is 651 g/mol. The maximum atomic E-state index is 14.2. The highest BCUT2D eigenvalue weighted by atomic mass is 16.7. The third-order valence-electron chi connectivity index (χ3n) is 9.95. The Hall–Kier alpha value is -4.70. The number of amides is 3. The van der Waals surface area contributed by atoms with Crippen molar-refractivity contribution in [1.29, 1.82) is 0 Å². The predicted molar refractivity (Wildman–Crippen MR) is 180 cm³/mol. The first-order valence-corrected chi connectivity index (χ1v) is 17.0. The molecule has 4 atom stereocenters. The quantitative estimate of drug-likeness (QED) is 0.296. The number of carbonyl (C=O) groups is 3. The van der Waals surface area contributed by atoms with E-state index in [4.69, 9.17) is 14.3 Å². The van der Waals surface area contributed by atoms with Crippen molar-refractivity contribution < 1.29 is 28.7 Å². The highest BCUT2D eigenvalue weighted by Crippen LogP contribution is 2.45. The monoisotopic (exact) mass is 650 g/mol. The van der Waals surface area contributed by atoms with Crippen molar-refractivity contribution in [3.05, 3.63) is 95.6 Å². The molecule has 10 nitrogen and oxygen atoms in total. The summed E-state index contributed by atoms with van der Waals surface area (Å²) < 4.78 is 11.7.